The molecule has 0 spiro atoms. The number of hydrogen-bond acceptors (Lipinski definition) is 5. The van der Waals surface area contributed by atoms with Gasteiger partial charge in [-0.3, -0.25) is 9.48 Å². The number of carbonyl (C=O) groups is 1. The van der Waals surface area contributed by atoms with Gasteiger partial charge in [-0.1, -0.05) is 0 Å². The van der Waals surface area contributed by atoms with Gasteiger partial charge in [0.25, 0.3) is 0 Å². The van der Waals surface area contributed by atoms with E-state index in [4.69, 9.17) is 4.74 Å². The summed E-state index contributed by atoms with van der Waals surface area (Å²) < 4.78 is 20.5. The number of methoxy groups -OCH3 is 1. The second-order valence-electron chi connectivity index (χ2n) is 7.71. The van der Waals surface area contributed by atoms with Gasteiger partial charge in [0.1, 0.15) is 23.9 Å². The van der Waals surface area contributed by atoms with Gasteiger partial charge in [0.2, 0.25) is 5.91 Å². The van der Waals surface area contributed by atoms with Gasteiger partial charge in [-0.15, -0.1) is 0 Å². The number of pyridine rings is 1. The van der Waals surface area contributed by atoms with Crippen molar-refractivity contribution in [1.82, 2.24) is 19.7 Å². The molecule has 1 aliphatic heterocycles. The molecule has 0 radical (unpaired) electrons. The van der Waals surface area contributed by atoms with Gasteiger partial charge < -0.3 is 14.5 Å². The van der Waals surface area contributed by atoms with Crippen molar-refractivity contribution in [2.45, 2.75) is 20.4 Å². The molecule has 3 heterocycles. The maximum atomic E-state index is 13.6. The maximum Gasteiger partial charge on any atom is 0.244 e. The highest BCUT2D eigenvalue weighted by atomic mass is 19.1. The molecule has 7 nitrogen and oxygen atoms in total. The molecule has 1 saturated heterocycles. The van der Waals surface area contributed by atoms with E-state index in [2.05, 4.69) is 15.0 Å². The minimum absolute atomic E-state index is 0.0336. The Bertz CT molecular complexity index is 1090. The number of piperazine rings is 1. The maximum absolute atomic E-state index is 13.6. The summed E-state index contributed by atoms with van der Waals surface area (Å²) in [6.45, 7) is 6.52. The third-order valence-electron chi connectivity index (χ3n) is 5.63. The van der Waals surface area contributed by atoms with Gasteiger partial charge in [-0.2, -0.15) is 5.10 Å². The van der Waals surface area contributed by atoms with E-state index >= 15 is 0 Å². The van der Waals surface area contributed by atoms with Crippen molar-refractivity contribution in [2.24, 2.45) is 0 Å². The number of amides is 1. The summed E-state index contributed by atoms with van der Waals surface area (Å²) in [5.74, 6) is 1.42. The highest BCUT2D eigenvalue weighted by molar-refractivity contribution is 5.76. The third kappa shape index (κ3) is 4.52. The lowest BCUT2D eigenvalue weighted by Gasteiger charge is -2.35. The fraction of sp³-hybridized carbons (Fsp3) is 0.348. The molecule has 0 aliphatic carbocycles. The lowest BCUT2D eigenvalue weighted by Crippen LogP contribution is -2.50. The van der Waals surface area contributed by atoms with Crippen LogP contribution in [0.25, 0.3) is 11.3 Å². The first-order valence-electron chi connectivity index (χ1n) is 10.3. The van der Waals surface area contributed by atoms with Crippen LogP contribution in [0.1, 0.15) is 11.3 Å². The zero-order valence-corrected chi connectivity index (χ0v) is 18.0. The standard InChI is InChI=1S/C23H26FN5O2/c1-16-12-18(4-5-20(16)24)21-13-17(2)29(26-21)15-23(30)28-10-8-27(9-11-28)22-14-19(31-3)6-7-25-22/h4-7,12-14H,8-11,15H2,1-3H3. The van der Waals surface area contributed by atoms with Crippen LogP contribution in [-0.2, 0) is 11.3 Å². The highest BCUT2D eigenvalue weighted by Gasteiger charge is 2.23. The monoisotopic (exact) mass is 423 g/mol. The van der Waals surface area contributed by atoms with E-state index in [1.165, 1.54) is 6.07 Å². The molecule has 0 bridgehead atoms. The molecule has 0 saturated carbocycles. The highest BCUT2D eigenvalue weighted by Crippen LogP contribution is 2.22. The van der Waals surface area contributed by atoms with Gasteiger partial charge >= 0.3 is 0 Å². The predicted octanol–water partition coefficient (Wildman–Crippen LogP) is 3.06. The van der Waals surface area contributed by atoms with Crippen LogP contribution in [0.4, 0.5) is 10.2 Å². The number of halogens is 1. The summed E-state index contributed by atoms with van der Waals surface area (Å²) in [5, 5.41) is 4.58. The second-order valence-corrected chi connectivity index (χ2v) is 7.71. The Labute approximate surface area is 181 Å². The number of ether oxygens (including phenoxy) is 1. The Hall–Kier alpha value is -3.42. The first-order valence-corrected chi connectivity index (χ1v) is 10.3. The van der Waals surface area contributed by atoms with Crippen LogP contribution in [0, 0.1) is 19.7 Å². The molecule has 8 heteroatoms. The van der Waals surface area contributed by atoms with Crippen molar-refractivity contribution < 1.29 is 13.9 Å². The van der Waals surface area contributed by atoms with Gasteiger partial charge in [0, 0.05) is 49.7 Å². The largest absolute Gasteiger partial charge is 0.497 e. The van der Waals surface area contributed by atoms with E-state index in [0.29, 0.717) is 31.7 Å². The smallest absolute Gasteiger partial charge is 0.244 e. The number of hydrogen-bond donors (Lipinski definition) is 0. The molecule has 3 aromatic rings. The zero-order chi connectivity index (χ0) is 22.0. The average Bonchev–Trinajstić information content (AvgIpc) is 3.15. The first kappa shape index (κ1) is 20.8. The van der Waals surface area contributed by atoms with Crippen LogP contribution < -0.4 is 9.64 Å². The molecule has 2 aromatic heterocycles. The van der Waals surface area contributed by atoms with E-state index in [1.807, 2.05) is 30.0 Å². The van der Waals surface area contributed by atoms with Crippen molar-refractivity contribution in [3.63, 3.8) is 0 Å². The minimum atomic E-state index is -0.238. The summed E-state index contributed by atoms with van der Waals surface area (Å²) in [6, 6.07) is 10.6. The van der Waals surface area contributed by atoms with Crippen LogP contribution in [0.3, 0.4) is 0 Å². The van der Waals surface area contributed by atoms with Crippen molar-refractivity contribution in [3.8, 4) is 17.0 Å². The molecule has 162 valence electrons. The van der Waals surface area contributed by atoms with E-state index in [-0.39, 0.29) is 18.3 Å². The number of anilines is 1. The summed E-state index contributed by atoms with van der Waals surface area (Å²) in [6.07, 6.45) is 1.73. The number of carbonyl (C=O) groups excluding carboxylic acids is 1. The van der Waals surface area contributed by atoms with Crippen molar-refractivity contribution >= 4 is 11.7 Å². The molecule has 1 fully saturated rings. The van der Waals surface area contributed by atoms with Crippen LogP contribution in [0.2, 0.25) is 0 Å². The molecule has 4 rings (SSSR count). The van der Waals surface area contributed by atoms with Crippen LogP contribution in [0.5, 0.6) is 5.75 Å². The van der Waals surface area contributed by atoms with Gasteiger partial charge in [0.05, 0.1) is 12.8 Å². The minimum Gasteiger partial charge on any atom is -0.497 e. The van der Waals surface area contributed by atoms with E-state index in [0.717, 1.165) is 28.5 Å². The second kappa shape index (κ2) is 8.75. The zero-order valence-electron chi connectivity index (χ0n) is 18.0. The average molecular weight is 423 g/mol. The molecule has 0 atom stereocenters. The molecular weight excluding hydrogens is 397 g/mol. The quantitative estimate of drug-likeness (QED) is 0.631. The fourth-order valence-electron chi connectivity index (χ4n) is 3.73. The van der Waals surface area contributed by atoms with Gasteiger partial charge in [0.15, 0.2) is 0 Å². The number of aromatic nitrogens is 3. The van der Waals surface area contributed by atoms with Crippen LogP contribution in [-0.4, -0.2) is 58.9 Å². The molecule has 0 unspecified atom stereocenters. The molecule has 1 aliphatic rings. The fourth-order valence-corrected chi connectivity index (χ4v) is 3.73. The van der Waals surface area contributed by atoms with E-state index in [1.54, 1.807) is 37.0 Å². The molecule has 0 N–H and O–H groups in total. The first-order chi connectivity index (χ1) is 14.9. The Balaban J connectivity index is 1.39. The van der Waals surface area contributed by atoms with Crippen molar-refractivity contribution in [1.29, 1.82) is 0 Å². The van der Waals surface area contributed by atoms with Gasteiger partial charge in [-0.05, 0) is 49.7 Å². The Morgan fingerprint density at radius 1 is 1.10 bits per heavy atom. The molecule has 1 aromatic carbocycles. The topological polar surface area (TPSA) is 63.5 Å². The van der Waals surface area contributed by atoms with Crippen molar-refractivity contribution in [3.05, 3.63) is 59.7 Å². The number of rotatable bonds is 5. The lowest BCUT2D eigenvalue weighted by atomic mass is 10.1. The van der Waals surface area contributed by atoms with E-state index < -0.39 is 0 Å². The number of nitrogens with zero attached hydrogens (tertiary/aromatic N) is 5. The predicted molar refractivity (Wildman–Crippen MR) is 117 cm³/mol. The Morgan fingerprint density at radius 3 is 2.58 bits per heavy atom. The number of benzene rings is 1. The molecule has 31 heavy (non-hydrogen) atoms. The Morgan fingerprint density at radius 2 is 1.87 bits per heavy atom. The van der Waals surface area contributed by atoms with Crippen molar-refractivity contribution in [2.75, 3.05) is 38.2 Å². The lowest BCUT2D eigenvalue weighted by molar-refractivity contribution is -0.132. The van der Waals surface area contributed by atoms with Crippen LogP contribution >= 0.6 is 0 Å². The summed E-state index contributed by atoms with van der Waals surface area (Å²) in [4.78, 5) is 21.3. The van der Waals surface area contributed by atoms with Crippen LogP contribution in [0.15, 0.2) is 42.6 Å². The summed E-state index contributed by atoms with van der Waals surface area (Å²) >= 11 is 0. The van der Waals surface area contributed by atoms with E-state index in [9.17, 15) is 9.18 Å². The normalized spacial score (nSPS) is 14.1. The summed E-state index contributed by atoms with van der Waals surface area (Å²) in [7, 11) is 1.63. The summed E-state index contributed by atoms with van der Waals surface area (Å²) in [5.41, 5.74) is 3.05. The Kier molecular flexibility index (Phi) is 5.88. The third-order valence-corrected chi connectivity index (χ3v) is 5.63. The SMILES string of the molecule is COc1ccnc(N2CCN(C(=O)Cn3nc(-c4ccc(F)c(C)c4)cc3C)CC2)c1. The molecule has 1 amide bonds. The molecular formula is C23H26FN5O2. The van der Waals surface area contributed by atoms with Gasteiger partial charge in [-0.25, -0.2) is 9.37 Å². The number of aryl methyl sites for hydroxylation is 2.